The molecule has 10 heteroatoms. The number of aliphatic hydroxyl groups is 1. The van der Waals surface area contributed by atoms with Crippen molar-refractivity contribution in [3.63, 3.8) is 0 Å². The van der Waals surface area contributed by atoms with Crippen LogP contribution in [0, 0.1) is 0 Å². The van der Waals surface area contributed by atoms with E-state index < -0.39 is 0 Å². The van der Waals surface area contributed by atoms with Crippen LogP contribution in [0.4, 0.5) is 22.9 Å². The summed E-state index contributed by atoms with van der Waals surface area (Å²) < 4.78 is 6.99. The maximum atomic E-state index is 13.3. The van der Waals surface area contributed by atoms with Gasteiger partial charge in [-0.1, -0.05) is 12.1 Å². The number of nitrogens with one attached hydrogen (secondary N) is 1. The molecule has 4 aliphatic rings. The van der Waals surface area contributed by atoms with E-state index in [0.717, 1.165) is 84.7 Å². The summed E-state index contributed by atoms with van der Waals surface area (Å²) in [5.74, 6) is 0.714. The van der Waals surface area contributed by atoms with Gasteiger partial charge in [0.2, 0.25) is 5.78 Å². The maximum Gasteiger partial charge on any atom is 0.274 e. The summed E-state index contributed by atoms with van der Waals surface area (Å²) in [6, 6.07) is 11.6. The first-order valence-electron chi connectivity index (χ1n) is 15.0. The number of Topliss-reactive ketones (excluding diaryl/α,β-unsaturated/α-hetero) is 1. The number of rotatable bonds is 6. The lowest BCUT2D eigenvalue weighted by Gasteiger charge is -2.35. The first-order chi connectivity index (χ1) is 21.0. The molecule has 43 heavy (non-hydrogen) atoms. The fraction of sp³-hybridized carbons (Fsp3) is 0.364. The lowest BCUT2D eigenvalue weighted by atomic mass is 9.96. The normalized spacial score (nSPS) is 18.5. The van der Waals surface area contributed by atoms with E-state index in [4.69, 9.17) is 4.74 Å². The van der Waals surface area contributed by atoms with Gasteiger partial charge in [0, 0.05) is 73.7 Å². The van der Waals surface area contributed by atoms with Crippen LogP contribution in [0.2, 0.25) is 0 Å². The molecule has 2 N–H and O–H groups in total. The molecule has 7 rings (SSSR count). The minimum atomic E-state index is -0.187. The molecule has 1 fully saturated rings. The number of hydrogen-bond donors (Lipinski definition) is 2. The third-order valence-electron chi connectivity index (χ3n) is 8.90. The maximum absolute atomic E-state index is 13.3. The summed E-state index contributed by atoms with van der Waals surface area (Å²) in [5.41, 5.74) is 7.36. The highest BCUT2D eigenvalue weighted by molar-refractivity contribution is 6.11. The van der Waals surface area contributed by atoms with Gasteiger partial charge in [0.05, 0.1) is 31.7 Å². The van der Waals surface area contributed by atoms with Crippen molar-refractivity contribution in [3.8, 4) is 11.1 Å². The van der Waals surface area contributed by atoms with Crippen molar-refractivity contribution in [2.24, 2.45) is 7.05 Å². The van der Waals surface area contributed by atoms with Crippen LogP contribution >= 0.6 is 0 Å². The molecule has 0 bridgehead atoms. The van der Waals surface area contributed by atoms with E-state index in [1.807, 2.05) is 48.8 Å². The van der Waals surface area contributed by atoms with Crippen molar-refractivity contribution in [2.75, 3.05) is 54.5 Å². The zero-order chi connectivity index (χ0) is 29.5. The minimum Gasteiger partial charge on any atom is -0.392 e. The first kappa shape index (κ1) is 27.4. The number of fused-ring (bicyclic) bond motifs is 2. The van der Waals surface area contributed by atoms with Crippen LogP contribution < -0.4 is 20.7 Å². The molecular weight excluding hydrogens is 544 g/mol. The molecule has 2 aromatic heterocycles. The van der Waals surface area contributed by atoms with Gasteiger partial charge in [0.1, 0.15) is 17.2 Å². The van der Waals surface area contributed by atoms with E-state index in [1.54, 1.807) is 17.8 Å². The molecule has 1 saturated heterocycles. The van der Waals surface area contributed by atoms with Crippen LogP contribution in [-0.4, -0.2) is 64.7 Å². The Balaban J connectivity index is 1.18. The number of ketones is 1. The van der Waals surface area contributed by atoms with E-state index in [1.165, 1.54) is 5.70 Å². The van der Waals surface area contributed by atoms with E-state index in [0.29, 0.717) is 31.3 Å². The Morgan fingerprint density at radius 1 is 1.02 bits per heavy atom. The third-order valence-corrected chi connectivity index (χ3v) is 8.90. The predicted octanol–water partition coefficient (Wildman–Crippen LogP) is 3.89. The standard InChI is InChI=1S/C33H36N6O4/c1-36-19-22(17-27(33(36)42)35-31-10-9-23(18-34-31)37-13-15-43-16-14-37)24-6-4-8-28(26(24)21-40)38-11-12-39-29-7-3-2-5-25(29)32(41)30(39)20-38/h4,6,8-10,17-20,40H,2-3,5,7,11-16,21H2,1H3,(H,34,35). The number of carbonyl (C=O) groups excluding carboxylic acids is 1. The number of nitrogens with zero attached hydrogens (tertiary/aromatic N) is 5. The highest BCUT2D eigenvalue weighted by atomic mass is 16.5. The zero-order valence-electron chi connectivity index (χ0n) is 24.4. The minimum absolute atomic E-state index is 0.140. The van der Waals surface area contributed by atoms with Crippen molar-refractivity contribution in [2.45, 2.75) is 32.3 Å². The summed E-state index contributed by atoms with van der Waals surface area (Å²) in [6.45, 7) is 4.30. The second-order valence-corrected chi connectivity index (χ2v) is 11.5. The van der Waals surface area contributed by atoms with Gasteiger partial charge in [-0.3, -0.25) is 9.59 Å². The zero-order valence-corrected chi connectivity index (χ0v) is 24.4. The van der Waals surface area contributed by atoms with Crippen LogP contribution in [0.15, 0.2) is 76.8 Å². The summed E-state index contributed by atoms with van der Waals surface area (Å²) >= 11 is 0. The van der Waals surface area contributed by atoms with Crippen LogP contribution in [0.1, 0.15) is 31.2 Å². The Labute approximate surface area is 250 Å². The molecule has 0 unspecified atom stereocenters. The molecule has 0 spiro atoms. The van der Waals surface area contributed by atoms with E-state index >= 15 is 0 Å². The van der Waals surface area contributed by atoms with Gasteiger partial charge in [-0.15, -0.1) is 0 Å². The second-order valence-electron chi connectivity index (χ2n) is 11.5. The Morgan fingerprint density at radius 2 is 1.86 bits per heavy atom. The number of ether oxygens (including phenoxy) is 1. The Kier molecular flexibility index (Phi) is 7.24. The molecule has 0 amide bonds. The quantitative estimate of drug-likeness (QED) is 0.450. The van der Waals surface area contributed by atoms with Gasteiger partial charge in [0.25, 0.3) is 5.56 Å². The number of aliphatic hydroxyl groups excluding tert-OH is 1. The average molecular weight is 581 g/mol. The second kappa shape index (κ2) is 11.3. The predicted molar refractivity (Wildman–Crippen MR) is 166 cm³/mol. The molecule has 0 saturated carbocycles. The van der Waals surface area contributed by atoms with E-state index in [2.05, 4.69) is 25.0 Å². The summed E-state index contributed by atoms with van der Waals surface area (Å²) in [6.07, 6.45) is 9.56. The number of pyridine rings is 2. The average Bonchev–Trinajstić information content (AvgIpc) is 3.34. The number of anilines is 4. The van der Waals surface area contributed by atoms with Crippen molar-refractivity contribution < 1.29 is 14.6 Å². The number of aromatic nitrogens is 2. The molecule has 0 atom stereocenters. The molecule has 5 heterocycles. The number of hydrogen-bond acceptors (Lipinski definition) is 9. The molecule has 1 aliphatic carbocycles. The smallest absolute Gasteiger partial charge is 0.274 e. The van der Waals surface area contributed by atoms with Gasteiger partial charge < -0.3 is 34.4 Å². The van der Waals surface area contributed by atoms with Crippen LogP contribution in [-0.2, 0) is 23.2 Å². The lowest BCUT2D eigenvalue weighted by molar-refractivity contribution is -0.112. The van der Waals surface area contributed by atoms with Crippen molar-refractivity contribution >= 4 is 28.7 Å². The van der Waals surface area contributed by atoms with Gasteiger partial charge >= 0.3 is 0 Å². The van der Waals surface area contributed by atoms with Crippen LogP contribution in [0.25, 0.3) is 11.1 Å². The molecule has 222 valence electrons. The van der Waals surface area contributed by atoms with Crippen LogP contribution in [0.3, 0.4) is 0 Å². The van der Waals surface area contributed by atoms with Crippen molar-refractivity contribution in [1.29, 1.82) is 0 Å². The SMILES string of the molecule is Cn1cc(-c2cccc(N3C=C4C(=O)C5=C(CCCC5)N4CC3)c2CO)cc(Nc2ccc(N3CCOCC3)cn2)c1=O. The molecule has 10 nitrogen and oxygen atoms in total. The summed E-state index contributed by atoms with van der Waals surface area (Å²) in [4.78, 5) is 37.4. The number of benzene rings is 1. The number of allylic oxidation sites excluding steroid dienone is 2. The van der Waals surface area contributed by atoms with E-state index in [9.17, 15) is 14.7 Å². The fourth-order valence-electron chi connectivity index (χ4n) is 6.68. The number of carbonyl (C=O) groups is 1. The van der Waals surface area contributed by atoms with Gasteiger partial charge in [-0.05, 0) is 55.5 Å². The van der Waals surface area contributed by atoms with Crippen molar-refractivity contribution in [3.05, 3.63) is 87.9 Å². The molecule has 3 aliphatic heterocycles. The van der Waals surface area contributed by atoms with E-state index in [-0.39, 0.29) is 17.9 Å². The van der Waals surface area contributed by atoms with Gasteiger partial charge in [0.15, 0.2) is 0 Å². The molecule has 0 radical (unpaired) electrons. The van der Waals surface area contributed by atoms with Crippen molar-refractivity contribution in [1.82, 2.24) is 14.5 Å². The van der Waals surface area contributed by atoms with Crippen LogP contribution in [0.5, 0.6) is 0 Å². The number of aryl methyl sites for hydroxylation is 1. The number of morpholine rings is 1. The van der Waals surface area contributed by atoms with Gasteiger partial charge in [-0.2, -0.15) is 0 Å². The molecular formula is C33H36N6O4. The first-order valence-corrected chi connectivity index (χ1v) is 15.0. The summed E-state index contributed by atoms with van der Waals surface area (Å²) in [5, 5.41) is 13.8. The molecule has 1 aromatic carbocycles. The highest BCUT2D eigenvalue weighted by Gasteiger charge is 2.38. The Morgan fingerprint density at radius 3 is 2.65 bits per heavy atom. The largest absolute Gasteiger partial charge is 0.392 e. The monoisotopic (exact) mass is 580 g/mol. The Bertz CT molecular complexity index is 1690. The molecule has 3 aromatic rings. The third kappa shape index (κ3) is 5.00. The lowest BCUT2D eigenvalue weighted by Crippen LogP contribution is -2.37. The topological polar surface area (TPSA) is 103 Å². The fourth-order valence-corrected chi connectivity index (χ4v) is 6.68. The highest BCUT2D eigenvalue weighted by Crippen LogP contribution is 2.41. The summed E-state index contributed by atoms with van der Waals surface area (Å²) in [7, 11) is 1.72. The Hall–Kier alpha value is -4.41. The van der Waals surface area contributed by atoms with Gasteiger partial charge in [-0.25, -0.2) is 4.98 Å².